The van der Waals surface area contributed by atoms with Gasteiger partial charge >= 0.3 is 61.1 Å². The minimum Gasteiger partial charge on any atom is -0.419 e. The molecule has 81 heavy (non-hydrogen) atoms. The van der Waals surface area contributed by atoms with Crippen molar-refractivity contribution in [2.24, 2.45) is 0 Å². The van der Waals surface area contributed by atoms with Crippen molar-refractivity contribution in [2.75, 3.05) is 0 Å². The molecule has 0 fully saturated rings. The van der Waals surface area contributed by atoms with E-state index in [0.717, 1.165) is 5.56 Å². The highest BCUT2D eigenvalue weighted by atomic mass is 19.4. The summed E-state index contributed by atoms with van der Waals surface area (Å²) in [5.41, 5.74) is -28.3. The molecule has 0 aliphatic heterocycles. The van der Waals surface area contributed by atoms with Gasteiger partial charge < -0.3 is 4.74 Å². The van der Waals surface area contributed by atoms with Gasteiger partial charge in [0.1, 0.15) is 18.1 Å². The number of nitriles is 1. The monoisotopic (exact) mass is 1180 g/mol. The number of aromatic nitrogens is 2. The smallest absolute Gasteiger partial charge is 0.416 e. The van der Waals surface area contributed by atoms with Gasteiger partial charge in [-0.25, -0.2) is 4.79 Å². The van der Waals surface area contributed by atoms with Crippen molar-refractivity contribution >= 4 is 34.0 Å². The number of hydrogen-bond donors (Lipinski definition) is 0. The van der Waals surface area contributed by atoms with Crippen LogP contribution in [0.4, 0.5) is 105 Å². The Labute approximate surface area is 438 Å². The number of ether oxygens (including phenoxy) is 1. The molecule has 428 valence electrons. The molecule has 7 aromatic rings. The predicted octanol–water partition coefficient (Wildman–Crippen LogP) is 13.7. The SMILES string of the molecule is FC(F)(F)c1cc([B-](c2cc(C(F)(F)F)cc(C(F)(F)F)c2)(c2cc(C(F)(F)F)cc(C(F)(F)F)c2)c2cc(C(F)(F)F)cc(C(F)(F)F)c2)cc(C(F)(F)F)c1.N#Cc1ccc(OC(=O)c2cncc[n+]2Cc2ccccc2)cc1. The summed E-state index contributed by atoms with van der Waals surface area (Å²) in [6.07, 6.45) is -50.0. The lowest BCUT2D eigenvalue weighted by Gasteiger charge is -2.46. The van der Waals surface area contributed by atoms with Crippen molar-refractivity contribution in [2.45, 2.75) is 56.0 Å². The van der Waals surface area contributed by atoms with E-state index >= 15 is 0 Å². The van der Waals surface area contributed by atoms with Crippen molar-refractivity contribution in [1.82, 2.24) is 4.98 Å². The van der Waals surface area contributed by atoms with E-state index in [1.165, 1.54) is 6.20 Å². The normalized spacial score (nSPS) is 13.0. The van der Waals surface area contributed by atoms with E-state index in [9.17, 15) is 110 Å². The number of benzene rings is 6. The van der Waals surface area contributed by atoms with Crippen LogP contribution in [0.2, 0.25) is 0 Å². The van der Waals surface area contributed by atoms with Crippen molar-refractivity contribution in [3.8, 4) is 11.8 Å². The molecule has 0 amide bonds. The summed E-state index contributed by atoms with van der Waals surface area (Å²) < 4.78 is 348. The Morgan fingerprint density at radius 2 is 0.741 bits per heavy atom. The number of rotatable bonds is 8. The number of esters is 1. The first-order chi connectivity index (χ1) is 37.0. The number of halogens is 24. The van der Waals surface area contributed by atoms with Gasteiger partial charge in [0.2, 0.25) is 0 Å². The summed E-state index contributed by atoms with van der Waals surface area (Å²) in [4.78, 5) is 16.4. The molecule has 0 atom stereocenters. The standard InChI is InChI=1S/C32H12BF24.C19H14N3O2/c34-25(35,36)13-1-14(26(37,38)39)6-21(5-13)33(22-7-15(27(40,41)42)2-16(8-22)28(43,44)45,23-9-17(29(46,47)48)3-18(10-23)30(49,50)51)24-11-19(31(52,53)54)4-20(12-24)32(55,56)57;20-12-15-6-8-17(9-7-15)24-19(23)18-13-21-10-11-22(18)14-16-4-2-1-3-5-16/h1-12H;1-11,13H,14H2/q-1;+1. The zero-order chi connectivity index (χ0) is 60.7. The fourth-order valence-electron chi connectivity index (χ4n) is 8.30. The highest BCUT2D eigenvalue weighted by Crippen LogP contribution is 2.41. The summed E-state index contributed by atoms with van der Waals surface area (Å²) in [6.45, 7) is 0.543. The molecule has 0 spiro atoms. The summed E-state index contributed by atoms with van der Waals surface area (Å²) in [5.74, 6) is -0.113. The number of alkyl halides is 24. The van der Waals surface area contributed by atoms with E-state index in [2.05, 4.69) is 4.98 Å². The first-order valence-electron chi connectivity index (χ1n) is 22.0. The molecule has 6 aromatic carbocycles. The van der Waals surface area contributed by atoms with E-state index in [-0.39, 0.29) is 0 Å². The second-order valence-corrected chi connectivity index (χ2v) is 17.3. The van der Waals surface area contributed by atoms with E-state index in [1.54, 1.807) is 41.2 Å². The number of carbonyl (C=O) groups excluding carboxylic acids is 1. The lowest BCUT2D eigenvalue weighted by atomic mass is 9.12. The highest BCUT2D eigenvalue weighted by molar-refractivity contribution is 7.20. The molecular formula is C51H26BF24N3O2. The average Bonchev–Trinajstić information content (AvgIpc) is 3.35. The Balaban J connectivity index is 0.000000363. The highest BCUT2D eigenvalue weighted by Gasteiger charge is 2.47. The first-order valence-corrected chi connectivity index (χ1v) is 22.0. The molecule has 0 aliphatic rings. The van der Waals surface area contributed by atoms with Gasteiger partial charge in [-0.05, 0) is 48.5 Å². The molecular weight excluding hydrogens is 1150 g/mol. The van der Waals surface area contributed by atoms with E-state index in [4.69, 9.17) is 10.00 Å². The molecule has 0 N–H and O–H groups in total. The molecule has 7 rings (SSSR count). The van der Waals surface area contributed by atoms with Gasteiger partial charge in [0.05, 0.1) is 62.3 Å². The van der Waals surface area contributed by atoms with Gasteiger partial charge in [0, 0.05) is 5.56 Å². The van der Waals surface area contributed by atoms with Crippen LogP contribution in [0.25, 0.3) is 0 Å². The largest absolute Gasteiger partial charge is 0.419 e. The van der Waals surface area contributed by atoms with Gasteiger partial charge in [0.15, 0.2) is 12.7 Å². The summed E-state index contributed by atoms with van der Waals surface area (Å²) >= 11 is 0. The Bertz CT molecular complexity index is 3020. The van der Waals surface area contributed by atoms with Crippen LogP contribution in [0.1, 0.15) is 66.1 Å². The van der Waals surface area contributed by atoms with Crippen molar-refractivity contribution < 1.29 is 119 Å². The van der Waals surface area contributed by atoms with Crippen molar-refractivity contribution in [3.63, 3.8) is 0 Å². The maximum Gasteiger partial charge on any atom is 0.416 e. The third kappa shape index (κ3) is 14.6. The summed E-state index contributed by atoms with van der Waals surface area (Å²) in [7, 11) is 0. The zero-order valence-electron chi connectivity index (χ0n) is 39.4. The minimum atomic E-state index is -6.13. The van der Waals surface area contributed by atoms with Crippen molar-refractivity contribution in [1.29, 1.82) is 5.26 Å². The second-order valence-electron chi connectivity index (χ2n) is 17.3. The molecule has 0 bridgehead atoms. The quantitative estimate of drug-likeness (QED) is 0.0500. The summed E-state index contributed by atoms with van der Waals surface area (Å²) in [5, 5.41) is 8.80. The van der Waals surface area contributed by atoms with Crippen LogP contribution in [0.3, 0.4) is 0 Å². The van der Waals surface area contributed by atoms with Gasteiger partial charge in [-0.1, -0.05) is 78.9 Å². The molecule has 0 saturated carbocycles. The van der Waals surface area contributed by atoms with Crippen molar-refractivity contribution in [3.05, 3.63) is 207 Å². The molecule has 0 saturated heterocycles. The number of hydrogen-bond acceptors (Lipinski definition) is 4. The van der Waals surface area contributed by atoms with Crippen LogP contribution in [0, 0.1) is 11.3 Å². The fraction of sp³-hybridized carbons (Fsp3) is 0.176. The summed E-state index contributed by atoms with van der Waals surface area (Å²) in [6, 6.07) is 9.42. The predicted molar refractivity (Wildman–Crippen MR) is 236 cm³/mol. The van der Waals surface area contributed by atoms with Crippen LogP contribution < -0.4 is 31.2 Å². The fourth-order valence-corrected chi connectivity index (χ4v) is 8.30. The molecule has 5 nitrogen and oxygen atoms in total. The Kier molecular flexibility index (Phi) is 16.8. The van der Waals surface area contributed by atoms with Crippen LogP contribution in [-0.4, -0.2) is 17.1 Å². The van der Waals surface area contributed by atoms with Gasteiger partial charge in [-0.3, -0.25) is 4.98 Å². The van der Waals surface area contributed by atoms with Crippen LogP contribution in [0.5, 0.6) is 5.75 Å². The van der Waals surface area contributed by atoms with E-state index < -0.39 is 201 Å². The molecule has 0 unspecified atom stereocenters. The van der Waals surface area contributed by atoms with Gasteiger partial charge in [0.25, 0.3) is 0 Å². The average molecular weight is 1180 g/mol. The van der Waals surface area contributed by atoms with Gasteiger partial charge in [-0.2, -0.15) is 137 Å². The zero-order valence-corrected chi connectivity index (χ0v) is 39.4. The van der Waals surface area contributed by atoms with Crippen LogP contribution in [-0.2, 0) is 56.0 Å². The minimum absolute atomic E-state index is 0.353. The number of nitrogens with zero attached hydrogens (tertiary/aromatic N) is 3. The first kappa shape index (κ1) is 61.9. The molecule has 0 aliphatic carbocycles. The molecule has 0 radical (unpaired) electrons. The third-order valence-corrected chi connectivity index (χ3v) is 11.9. The second kappa shape index (κ2) is 22.0. The Morgan fingerprint density at radius 1 is 0.444 bits per heavy atom. The number of carbonyl (C=O) groups is 1. The molecule has 1 aromatic heterocycles. The van der Waals surface area contributed by atoms with E-state index in [0.29, 0.717) is 23.6 Å². The van der Waals surface area contributed by atoms with Crippen LogP contribution >= 0.6 is 0 Å². The Morgan fingerprint density at radius 3 is 1.01 bits per heavy atom. The Hall–Kier alpha value is -8.26. The molecule has 30 heteroatoms. The maximum absolute atomic E-state index is 14.2. The maximum atomic E-state index is 14.2. The lowest BCUT2D eigenvalue weighted by molar-refractivity contribution is -0.691. The van der Waals surface area contributed by atoms with E-state index in [1.807, 2.05) is 36.4 Å². The third-order valence-electron chi connectivity index (χ3n) is 11.9. The van der Waals surface area contributed by atoms with Gasteiger partial charge in [-0.15, -0.1) is 0 Å². The topological polar surface area (TPSA) is 66.9 Å². The lowest BCUT2D eigenvalue weighted by Crippen LogP contribution is -2.75. The molecule has 1 heterocycles. The van der Waals surface area contributed by atoms with Crippen LogP contribution in [0.15, 0.2) is 146 Å².